The minimum Gasteiger partial charge on any atom is -0.155 e. The number of aryl methyl sites for hydroxylation is 1. The highest BCUT2D eigenvalue weighted by atomic mass is 31.2. The Hall–Kier alpha value is -0.470. The molecule has 3 nitrogen and oxygen atoms in total. The van der Waals surface area contributed by atoms with E-state index in [0.29, 0.717) is 0 Å². The van der Waals surface area contributed by atoms with Crippen molar-refractivity contribution in [3.8, 4) is 0 Å². The molecule has 0 saturated heterocycles. The van der Waals surface area contributed by atoms with Gasteiger partial charge in [-0.2, -0.15) is 14.0 Å². The summed E-state index contributed by atoms with van der Waals surface area (Å²) in [4.78, 5) is 0. The van der Waals surface area contributed by atoms with Gasteiger partial charge < -0.3 is 0 Å². The molecule has 0 bridgehead atoms. The van der Waals surface area contributed by atoms with Crippen molar-refractivity contribution in [1.82, 2.24) is 14.0 Å². The van der Waals surface area contributed by atoms with Gasteiger partial charge in [0.05, 0.1) is 0 Å². The summed E-state index contributed by atoms with van der Waals surface area (Å²) in [5.41, 5.74) is 1.42. The Labute approximate surface area is 113 Å². The van der Waals surface area contributed by atoms with Crippen LogP contribution in [0.4, 0.5) is 0 Å². The minimum absolute atomic E-state index is 1.13. The molecule has 18 heavy (non-hydrogen) atoms. The molecule has 0 N–H and O–H groups in total. The third-order valence-corrected chi connectivity index (χ3v) is 8.13. The lowest BCUT2D eigenvalue weighted by Gasteiger charge is -2.40. The summed E-state index contributed by atoms with van der Waals surface area (Å²) in [5, 5.41) is 0. The quantitative estimate of drug-likeness (QED) is 0.734. The van der Waals surface area contributed by atoms with Crippen LogP contribution in [0.2, 0.25) is 0 Å². The monoisotopic (exact) mass is 268 g/mol. The average molecular weight is 268 g/mol. The Morgan fingerprint density at radius 1 is 0.778 bits per heavy atom. The van der Waals surface area contributed by atoms with E-state index in [4.69, 9.17) is 0 Å². The highest BCUT2D eigenvalue weighted by Crippen LogP contribution is 2.63. The Morgan fingerprint density at radius 3 is 1.61 bits per heavy atom. The van der Waals surface area contributed by atoms with Gasteiger partial charge in [-0.05, 0) is 5.56 Å². The average Bonchev–Trinajstić information content (AvgIpc) is 2.29. The van der Waals surface area contributed by atoms with Gasteiger partial charge in [0.25, 0.3) is 0 Å². The summed E-state index contributed by atoms with van der Waals surface area (Å²) in [7, 11) is 11.8. The number of benzene rings is 1. The van der Waals surface area contributed by atoms with Crippen LogP contribution in [0.5, 0.6) is 0 Å². The van der Waals surface area contributed by atoms with E-state index in [-0.39, 0.29) is 0 Å². The highest BCUT2D eigenvalue weighted by molar-refractivity contribution is 7.68. The highest BCUT2D eigenvalue weighted by Gasteiger charge is 2.46. The van der Waals surface area contributed by atoms with Gasteiger partial charge in [-0.3, -0.25) is 0 Å². The molecule has 0 radical (unpaired) electrons. The van der Waals surface area contributed by atoms with E-state index in [1.54, 1.807) is 0 Å². The van der Waals surface area contributed by atoms with Crippen molar-refractivity contribution in [2.24, 2.45) is 0 Å². The van der Waals surface area contributed by atoms with Crippen LogP contribution in [0.3, 0.4) is 0 Å². The van der Waals surface area contributed by atoms with E-state index in [1.165, 1.54) is 11.7 Å². The Bertz CT molecular complexity index is 328. The maximum Gasteiger partial charge on any atom is 0.226 e. The maximum absolute atomic E-state index is 2.40. The summed E-state index contributed by atoms with van der Waals surface area (Å²) in [6, 6.07) is 10.8. The van der Waals surface area contributed by atoms with Crippen LogP contribution in [0.15, 0.2) is 30.3 Å². The number of rotatable bonds is 6. The molecule has 4 heteroatoms. The predicted octanol–water partition coefficient (Wildman–Crippen LogP) is 2.68. The second-order valence-electron chi connectivity index (χ2n) is 5.19. The largest absolute Gasteiger partial charge is 0.226 e. The van der Waals surface area contributed by atoms with Crippen molar-refractivity contribution < 1.29 is 0 Å². The summed E-state index contributed by atoms with van der Waals surface area (Å²) in [6.45, 7) is 0. The van der Waals surface area contributed by atoms with Gasteiger partial charge in [0.15, 0.2) is 0 Å². The van der Waals surface area contributed by atoms with Crippen LogP contribution >= 0.6 is 7.71 Å². The molecule has 0 heterocycles. The van der Waals surface area contributed by atoms with Gasteiger partial charge in [-0.15, -0.1) is 0 Å². The van der Waals surface area contributed by atoms with E-state index >= 15 is 0 Å². The molecule has 0 saturated carbocycles. The third kappa shape index (κ3) is 3.30. The number of hydrogen-bond acceptors (Lipinski definition) is 3. The normalized spacial score (nSPS) is 12.7. The first kappa shape index (κ1) is 15.6. The molecule has 0 fully saturated rings. The zero-order valence-electron chi connectivity index (χ0n) is 12.6. The van der Waals surface area contributed by atoms with Crippen molar-refractivity contribution in [2.45, 2.75) is 6.42 Å². The van der Waals surface area contributed by atoms with Crippen molar-refractivity contribution in [3.63, 3.8) is 0 Å². The van der Waals surface area contributed by atoms with Crippen LogP contribution in [-0.4, -0.2) is 62.5 Å². The molecule has 0 amide bonds. The molecule has 1 aromatic rings. The van der Waals surface area contributed by atoms with Crippen LogP contribution in [0, 0.1) is 0 Å². The van der Waals surface area contributed by atoms with Crippen molar-refractivity contribution in [1.29, 1.82) is 0 Å². The fourth-order valence-electron chi connectivity index (χ4n) is 2.60. The number of nitrogens with zero attached hydrogens (tertiary/aromatic N) is 3. The van der Waals surface area contributed by atoms with E-state index in [9.17, 15) is 0 Å². The first-order valence-corrected chi connectivity index (χ1v) is 8.20. The minimum atomic E-state index is -1.38. The summed E-state index contributed by atoms with van der Waals surface area (Å²) >= 11 is 0. The molecule has 0 unspecified atom stereocenters. The van der Waals surface area contributed by atoms with Gasteiger partial charge in [0.1, 0.15) is 6.16 Å². The first-order valence-electron chi connectivity index (χ1n) is 6.36. The van der Waals surface area contributed by atoms with Gasteiger partial charge in [0.2, 0.25) is 7.71 Å². The molecule has 1 rings (SSSR count). The second kappa shape index (κ2) is 6.63. The molecule has 1 aromatic carbocycles. The maximum atomic E-state index is 2.40. The van der Waals surface area contributed by atoms with E-state index in [2.05, 4.69) is 86.6 Å². The third-order valence-electron chi connectivity index (χ3n) is 3.47. The van der Waals surface area contributed by atoms with Gasteiger partial charge in [-0.25, -0.2) is 0 Å². The molecule has 0 atom stereocenters. The standard InChI is InChI=1S/C14H27N3P/c1-15(2)18(16(3)4,17(5)6)13-12-14-10-8-7-9-11-14/h7-11H,12-13H2,1-6H3/q+1. The fraction of sp³-hybridized carbons (Fsp3) is 0.571. The molecule has 0 spiro atoms. The second-order valence-corrected chi connectivity index (χ2v) is 9.43. The summed E-state index contributed by atoms with van der Waals surface area (Å²) in [5.74, 6) is 0. The van der Waals surface area contributed by atoms with Crippen LogP contribution in [0.1, 0.15) is 5.56 Å². The SMILES string of the molecule is CN(C)[P+](CCc1ccccc1)(N(C)C)N(C)C. The lowest BCUT2D eigenvalue weighted by Crippen LogP contribution is -2.38. The molecule has 0 aliphatic heterocycles. The lowest BCUT2D eigenvalue weighted by molar-refractivity contribution is 0.458. The van der Waals surface area contributed by atoms with E-state index in [0.717, 1.165) is 6.42 Å². The molecular weight excluding hydrogens is 241 g/mol. The fourth-order valence-corrected chi connectivity index (χ4v) is 6.50. The van der Waals surface area contributed by atoms with Gasteiger partial charge in [-0.1, -0.05) is 30.3 Å². The molecule has 0 aliphatic rings. The zero-order valence-corrected chi connectivity index (χ0v) is 13.5. The molecular formula is C14H27N3P+. The molecule has 102 valence electrons. The van der Waals surface area contributed by atoms with Crippen molar-refractivity contribution in [2.75, 3.05) is 48.4 Å². The van der Waals surface area contributed by atoms with Crippen molar-refractivity contribution in [3.05, 3.63) is 35.9 Å². The van der Waals surface area contributed by atoms with Crippen LogP contribution in [0.25, 0.3) is 0 Å². The molecule has 0 aliphatic carbocycles. The topological polar surface area (TPSA) is 9.72 Å². The van der Waals surface area contributed by atoms with Crippen LogP contribution in [-0.2, 0) is 6.42 Å². The van der Waals surface area contributed by atoms with Gasteiger partial charge in [0, 0.05) is 48.7 Å². The van der Waals surface area contributed by atoms with Crippen molar-refractivity contribution >= 4 is 7.71 Å². The van der Waals surface area contributed by atoms with Crippen LogP contribution < -0.4 is 0 Å². The van der Waals surface area contributed by atoms with Gasteiger partial charge >= 0.3 is 0 Å². The Morgan fingerprint density at radius 2 is 1.22 bits per heavy atom. The van der Waals surface area contributed by atoms with E-state index < -0.39 is 7.71 Å². The predicted molar refractivity (Wildman–Crippen MR) is 83.0 cm³/mol. The lowest BCUT2D eigenvalue weighted by atomic mass is 10.2. The Balaban J connectivity index is 2.86. The smallest absolute Gasteiger partial charge is 0.155 e. The molecule has 0 aromatic heterocycles. The first-order chi connectivity index (χ1) is 8.41. The van der Waals surface area contributed by atoms with E-state index in [1.807, 2.05) is 0 Å². The number of hydrogen-bond donors (Lipinski definition) is 0. The summed E-state index contributed by atoms with van der Waals surface area (Å²) < 4.78 is 7.20. The Kier molecular flexibility index (Phi) is 5.74. The summed E-state index contributed by atoms with van der Waals surface area (Å²) in [6.07, 6.45) is 2.31. The zero-order chi connectivity index (χ0) is 13.8.